The molecule has 0 bridgehead atoms. The van der Waals surface area contributed by atoms with E-state index in [1.54, 1.807) is 6.92 Å². The molecule has 0 radical (unpaired) electrons. The van der Waals surface area contributed by atoms with Crippen LogP contribution >= 0.6 is 11.8 Å². The van der Waals surface area contributed by atoms with Crippen molar-refractivity contribution in [2.75, 3.05) is 10.5 Å². The highest BCUT2D eigenvalue weighted by atomic mass is 32.2. The average Bonchev–Trinajstić information content (AvgIpc) is 2.62. The van der Waals surface area contributed by atoms with Gasteiger partial charge in [-0.05, 0) is 55.3 Å². The fourth-order valence-electron chi connectivity index (χ4n) is 2.86. The summed E-state index contributed by atoms with van der Waals surface area (Å²) in [5.41, 5.74) is 4.30. The van der Waals surface area contributed by atoms with Crippen molar-refractivity contribution in [2.24, 2.45) is 10.7 Å². The van der Waals surface area contributed by atoms with E-state index in [9.17, 15) is 26.0 Å². The van der Waals surface area contributed by atoms with Gasteiger partial charge >= 0.3 is 6.18 Å². The van der Waals surface area contributed by atoms with Crippen LogP contribution in [0, 0.1) is 5.82 Å². The molecule has 3 N–H and O–H groups in total. The van der Waals surface area contributed by atoms with Crippen molar-refractivity contribution in [1.29, 1.82) is 0 Å². The van der Waals surface area contributed by atoms with Gasteiger partial charge < -0.3 is 5.73 Å². The van der Waals surface area contributed by atoms with E-state index in [0.29, 0.717) is 35.0 Å². The maximum Gasteiger partial charge on any atom is 0.416 e. The van der Waals surface area contributed by atoms with Gasteiger partial charge in [-0.15, -0.1) is 0 Å². The number of nitrogens with zero attached hydrogens (tertiary/aromatic N) is 1. The second kappa shape index (κ2) is 7.52. The van der Waals surface area contributed by atoms with Crippen molar-refractivity contribution in [3.8, 4) is 0 Å². The Balaban J connectivity index is 1.92. The van der Waals surface area contributed by atoms with Gasteiger partial charge in [0.2, 0.25) is 0 Å². The van der Waals surface area contributed by atoms with Crippen molar-refractivity contribution >= 4 is 32.6 Å². The summed E-state index contributed by atoms with van der Waals surface area (Å²) < 4.78 is 79.4. The molecule has 0 amide bonds. The molecule has 3 rings (SSSR count). The first kappa shape index (κ1) is 21.4. The summed E-state index contributed by atoms with van der Waals surface area (Å²) >= 11 is 1.39. The van der Waals surface area contributed by atoms with Crippen molar-refractivity contribution in [2.45, 2.75) is 30.0 Å². The van der Waals surface area contributed by atoms with Crippen LogP contribution < -0.4 is 10.5 Å². The third-order valence-electron chi connectivity index (χ3n) is 4.52. The lowest BCUT2D eigenvalue weighted by molar-refractivity contribution is -0.137. The summed E-state index contributed by atoms with van der Waals surface area (Å²) in [4.78, 5) is 3.98. The molecule has 0 aliphatic carbocycles. The average molecular weight is 447 g/mol. The molecular formula is C18H17F4N3O2S2. The molecule has 0 saturated heterocycles. The summed E-state index contributed by atoms with van der Waals surface area (Å²) in [6.45, 7) is 1.81. The van der Waals surface area contributed by atoms with Gasteiger partial charge in [0, 0.05) is 5.75 Å². The van der Waals surface area contributed by atoms with Crippen LogP contribution in [-0.2, 0) is 21.7 Å². The highest BCUT2D eigenvalue weighted by molar-refractivity contribution is 8.13. The van der Waals surface area contributed by atoms with Crippen LogP contribution in [0.15, 0.2) is 52.4 Å². The maximum absolute atomic E-state index is 14.3. The van der Waals surface area contributed by atoms with E-state index in [2.05, 4.69) is 9.71 Å². The van der Waals surface area contributed by atoms with Gasteiger partial charge in [-0.3, -0.25) is 9.71 Å². The molecule has 1 atom stereocenters. The number of halogens is 4. The zero-order valence-electron chi connectivity index (χ0n) is 15.1. The lowest BCUT2D eigenvalue weighted by Gasteiger charge is -2.30. The summed E-state index contributed by atoms with van der Waals surface area (Å²) in [7, 11) is -4.30. The molecule has 1 aliphatic heterocycles. The number of nitrogens with one attached hydrogen (secondary N) is 1. The lowest BCUT2D eigenvalue weighted by atomic mass is 9.89. The molecule has 2 aromatic carbocycles. The first-order valence-corrected chi connectivity index (χ1v) is 10.9. The normalized spacial score (nSPS) is 20.2. The second-order valence-electron chi connectivity index (χ2n) is 6.64. The van der Waals surface area contributed by atoms with E-state index in [0.717, 1.165) is 18.2 Å². The van der Waals surface area contributed by atoms with E-state index in [1.807, 2.05) is 0 Å². The van der Waals surface area contributed by atoms with Crippen molar-refractivity contribution in [3.63, 3.8) is 0 Å². The third-order valence-corrected chi connectivity index (χ3v) is 6.70. The van der Waals surface area contributed by atoms with Gasteiger partial charge in [-0.1, -0.05) is 17.8 Å². The van der Waals surface area contributed by atoms with Crippen LogP contribution in [0.2, 0.25) is 0 Å². The van der Waals surface area contributed by atoms with Gasteiger partial charge in [0.1, 0.15) is 5.82 Å². The molecule has 11 heteroatoms. The van der Waals surface area contributed by atoms with Crippen LogP contribution in [0.25, 0.3) is 0 Å². The topological polar surface area (TPSA) is 84.5 Å². The monoisotopic (exact) mass is 447 g/mol. The van der Waals surface area contributed by atoms with E-state index in [1.165, 1.54) is 23.9 Å². The standard InChI is InChI=1S/C18H17F4N3O2S2/c1-17(8-9-28-16(23)24-17)12-4-7-14(19)15(10-12)25-29(26,27)13-5-2-11(3-6-13)18(20,21)22/h2-7,10,25H,8-9H2,1H3,(H2,23,24). The van der Waals surface area contributed by atoms with Crippen LogP contribution in [0.3, 0.4) is 0 Å². The molecule has 1 unspecified atom stereocenters. The molecule has 0 saturated carbocycles. The van der Waals surface area contributed by atoms with Crippen molar-refractivity contribution < 1.29 is 26.0 Å². The first-order valence-electron chi connectivity index (χ1n) is 8.39. The number of amidine groups is 1. The fraction of sp³-hybridized carbons (Fsp3) is 0.278. The highest BCUT2D eigenvalue weighted by Crippen LogP contribution is 2.37. The van der Waals surface area contributed by atoms with Crippen LogP contribution in [0.1, 0.15) is 24.5 Å². The van der Waals surface area contributed by atoms with Gasteiger partial charge in [0.15, 0.2) is 5.17 Å². The maximum atomic E-state index is 14.3. The quantitative estimate of drug-likeness (QED) is 0.684. The van der Waals surface area contributed by atoms with Gasteiger partial charge in [0.05, 0.1) is 21.7 Å². The number of thioether (sulfide) groups is 1. The van der Waals surface area contributed by atoms with E-state index < -0.39 is 38.0 Å². The molecule has 0 spiro atoms. The molecule has 2 aromatic rings. The van der Waals surface area contributed by atoms with Gasteiger partial charge in [0.25, 0.3) is 10.0 Å². The van der Waals surface area contributed by atoms with Gasteiger partial charge in [-0.25, -0.2) is 12.8 Å². The Morgan fingerprint density at radius 1 is 1.17 bits per heavy atom. The molecule has 5 nitrogen and oxygen atoms in total. The second-order valence-corrected chi connectivity index (χ2v) is 9.44. The summed E-state index contributed by atoms with van der Waals surface area (Å²) in [6, 6.07) is 6.87. The zero-order chi connectivity index (χ0) is 21.4. The molecule has 1 aliphatic rings. The van der Waals surface area contributed by atoms with Crippen LogP contribution in [0.5, 0.6) is 0 Å². The molecule has 29 heavy (non-hydrogen) atoms. The molecule has 0 aromatic heterocycles. The predicted molar refractivity (Wildman–Crippen MR) is 105 cm³/mol. The molecule has 1 heterocycles. The molecular weight excluding hydrogens is 430 g/mol. The number of alkyl halides is 3. The molecule has 0 fully saturated rings. The third kappa shape index (κ3) is 4.67. The summed E-state index contributed by atoms with van der Waals surface area (Å²) in [5, 5.41) is 0.384. The number of hydrogen-bond acceptors (Lipinski definition) is 5. The Morgan fingerprint density at radius 3 is 2.41 bits per heavy atom. The number of sulfonamides is 1. The number of rotatable bonds is 4. The fourth-order valence-corrected chi connectivity index (χ4v) is 4.89. The first-order chi connectivity index (χ1) is 13.4. The summed E-state index contributed by atoms with van der Waals surface area (Å²) in [5.74, 6) is -0.120. The minimum Gasteiger partial charge on any atom is -0.379 e. The minimum atomic E-state index is -4.59. The lowest BCUT2D eigenvalue weighted by Crippen LogP contribution is -2.29. The van der Waals surface area contributed by atoms with Crippen molar-refractivity contribution in [1.82, 2.24) is 0 Å². The smallest absolute Gasteiger partial charge is 0.379 e. The highest BCUT2D eigenvalue weighted by Gasteiger charge is 2.32. The zero-order valence-corrected chi connectivity index (χ0v) is 16.8. The number of hydrogen-bond donors (Lipinski definition) is 2. The molecule has 156 valence electrons. The number of benzene rings is 2. The number of anilines is 1. The van der Waals surface area contributed by atoms with E-state index >= 15 is 0 Å². The van der Waals surface area contributed by atoms with E-state index in [-0.39, 0.29) is 5.69 Å². The Morgan fingerprint density at radius 2 is 1.83 bits per heavy atom. The number of nitrogens with two attached hydrogens (primary N) is 1. The Hall–Kier alpha value is -2.27. The Labute approximate surface area is 169 Å². The minimum absolute atomic E-state index is 0.323. The summed E-state index contributed by atoms with van der Waals surface area (Å²) in [6.07, 6.45) is -3.97. The van der Waals surface area contributed by atoms with Crippen molar-refractivity contribution in [3.05, 3.63) is 59.4 Å². The Kier molecular flexibility index (Phi) is 5.56. The predicted octanol–water partition coefficient (Wildman–Crippen LogP) is 4.31. The Bertz CT molecular complexity index is 1050. The van der Waals surface area contributed by atoms with Crippen LogP contribution in [0.4, 0.5) is 23.2 Å². The van der Waals surface area contributed by atoms with Gasteiger partial charge in [-0.2, -0.15) is 13.2 Å². The van der Waals surface area contributed by atoms with E-state index in [4.69, 9.17) is 5.73 Å². The van der Waals surface area contributed by atoms with Crippen LogP contribution in [-0.4, -0.2) is 19.3 Å². The number of aliphatic imine (C=N–C) groups is 1. The largest absolute Gasteiger partial charge is 0.416 e. The SMILES string of the molecule is CC1(c2ccc(F)c(NS(=O)(=O)c3ccc(C(F)(F)F)cc3)c2)CCSC(N)=N1.